The predicted octanol–water partition coefficient (Wildman–Crippen LogP) is 4.54. The molecule has 2 aromatic rings. The van der Waals surface area contributed by atoms with Crippen LogP contribution in [0.4, 0.5) is 11.4 Å². The number of amides is 1. The van der Waals surface area contributed by atoms with E-state index in [9.17, 15) is 4.79 Å². The lowest BCUT2D eigenvalue weighted by Crippen LogP contribution is -2.32. The maximum atomic E-state index is 12.2. The normalized spacial score (nSPS) is 13.6. The van der Waals surface area contributed by atoms with E-state index in [0.717, 1.165) is 36.1 Å². The highest BCUT2D eigenvalue weighted by Gasteiger charge is 2.17. The Balaban J connectivity index is 1.59. The van der Waals surface area contributed by atoms with E-state index in [1.165, 1.54) is 16.8 Å². The van der Waals surface area contributed by atoms with Gasteiger partial charge in [0.25, 0.3) is 0 Å². The third kappa shape index (κ3) is 3.94. The molecule has 0 bridgehead atoms. The zero-order chi connectivity index (χ0) is 16.2. The summed E-state index contributed by atoms with van der Waals surface area (Å²) < 4.78 is 0.925. The topological polar surface area (TPSA) is 32.3 Å². The number of benzene rings is 2. The second kappa shape index (κ2) is 7.18. The van der Waals surface area contributed by atoms with Crippen molar-refractivity contribution in [3.63, 3.8) is 0 Å². The summed E-state index contributed by atoms with van der Waals surface area (Å²) in [5, 5.41) is 2.99. The number of fused-ring (bicyclic) bond motifs is 1. The molecular formula is C19H21BrN2O. The average Bonchev–Trinajstić information content (AvgIpc) is 2.55. The number of carbonyl (C=O) groups is 1. The van der Waals surface area contributed by atoms with E-state index in [0.29, 0.717) is 6.42 Å². The molecule has 1 amide bonds. The Hall–Kier alpha value is -1.81. The molecule has 0 unspecified atom stereocenters. The van der Waals surface area contributed by atoms with Gasteiger partial charge in [-0.3, -0.25) is 4.79 Å². The summed E-state index contributed by atoms with van der Waals surface area (Å²) >= 11 is 3.50. The molecule has 3 nitrogen and oxygen atoms in total. The van der Waals surface area contributed by atoms with Crippen LogP contribution in [0, 0.1) is 6.92 Å². The van der Waals surface area contributed by atoms with Crippen LogP contribution in [0.2, 0.25) is 0 Å². The van der Waals surface area contributed by atoms with Gasteiger partial charge in [0.1, 0.15) is 0 Å². The first kappa shape index (κ1) is 16.1. The fourth-order valence-corrected chi connectivity index (χ4v) is 3.61. The molecule has 0 radical (unpaired) electrons. The number of aryl methyl sites for hydroxylation is 2. The Morgan fingerprint density at radius 1 is 1.26 bits per heavy atom. The molecule has 0 saturated carbocycles. The van der Waals surface area contributed by atoms with Gasteiger partial charge in [-0.2, -0.15) is 0 Å². The SMILES string of the molecule is Cc1ccc(NC(=O)CCN2CCCc3ccccc32)c(Br)c1. The van der Waals surface area contributed by atoms with Crippen LogP contribution in [0.5, 0.6) is 0 Å². The fraction of sp³-hybridized carbons (Fsp3) is 0.316. The Morgan fingerprint density at radius 3 is 2.91 bits per heavy atom. The molecule has 1 aliphatic heterocycles. The van der Waals surface area contributed by atoms with Crippen molar-refractivity contribution in [1.29, 1.82) is 0 Å². The smallest absolute Gasteiger partial charge is 0.226 e. The van der Waals surface area contributed by atoms with E-state index in [2.05, 4.69) is 50.4 Å². The molecule has 23 heavy (non-hydrogen) atoms. The highest BCUT2D eigenvalue weighted by Crippen LogP contribution is 2.27. The standard InChI is InChI=1S/C19H21BrN2O/c1-14-8-9-17(16(20)13-14)21-19(23)10-12-22-11-4-6-15-5-2-3-7-18(15)22/h2-3,5,7-9,13H,4,6,10-12H2,1H3,(H,21,23). The monoisotopic (exact) mass is 372 g/mol. The summed E-state index contributed by atoms with van der Waals surface area (Å²) in [6.45, 7) is 3.81. The van der Waals surface area contributed by atoms with Crippen molar-refractivity contribution in [2.75, 3.05) is 23.3 Å². The van der Waals surface area contributed by atoms with E-state index < -0.39 is 0 Å². The molecular weight excluding hydrogens is 352 g/mol. The van der Waals surface area contributed by atoms with Crippen LogP contribution in [-0.4, -0.2) is 19.0 Å². The number of anilines is 2. The van der Waals surface area contributed by atoms with Gasteiger partial charge in [-0.25, -0.2) is 0 Å². The number of hydrogen-bond donors (Lipinski definition) is 1. The van der Waals surface area contributed by atoms with Crippen LogP contribution in [0.25, 0.3) is 0 Å². The van der Waals surface area contributed by atoms with Crippen molar-refractivity contribution in [2.45, 2.75) is 26.2 Å². The first-order valence-electron chi connectivity index (χ1n) is 8.02. The first-order valence-corrected chi connectivity index (χ1v) is 8.81. The summed E-state index contributed by atoms with van der Waals surface area (Å²) in [7, 11) is 0. The minimum Gasteiger partial charge on any atom is -0.371 e. The number of rotatable bonds is 4. The lowest BCUT2D eigenvalue weighted by Gasteiger charge is -2.31. The molecule has 0 aromatic heterocycles. The first-order chi connectivity index (χ1) is 11.1. The number of hydrogen-bond acceptors (Lipinski definition) is 2. The molecule has 2 aromatic carbocycles. The largest absolute Gasteiger partial charge is 0.371 e. The zero-order valence-electron chi connectivity index (χ0n) is 13.3. The molecule has 0 saturated heterocycles. The second-order valence-corrected chi connectivity index (χ2v) is 6.86. The molecule has 120 valence electrons. The van der Waals surface area contributed by atoms with Crippen LogP contribution < -0.4 is 10.2 Å². The zero-order valence-corrected chi connectivity index (χ0v) is 14.9. The lowest BCUT2D eigenvalue weighted by molar-refractivity contribution is -0.116. The average molecular weight is 373 g/mol. The van der Waals surface area contributed by atoms with E-state index in [1.54, 1.807) is 0 Å². The van der Waals surface area contributed by atoms with Crippen LogP contribution in [-0.2, 0) is 11.2 Å². The number of nitrogens with zero attached hydrogens (tertiary/aromatic N) is 1. The third-order valence-corrected chi connectivity index (χ3v) is 4.87. The van der Waals surface area contributed by atoms with Gasteiger partial charge in [0, 0.05) is 29.7 Å². The third-order valence-electron chi connectivity index (χ3n) is 4.21. The summed E-state index contributed by atoms with van der Waals surface area (Å²) in [6, 6.07) is 14.4. The maximum absolute atomic E-state index is 12.2. The Labute approximate surface area is 145 Å². The molecule has 0 fully saturated rings. The number of carbonyl (C=O) groups excluding carboxylic acids is 1. The minimum absolute atomic E-state index is 0.0533. The van der Waals surface area contributed by atoms with E-state index in [1.807, 2.05) is 25.1 Å². The van der Waals surface area contributed by atoms with Crippen molar-refractivity contribution < 1.29 is 4.79 Å². The fourth-order valence-electron chi connectivity index (χ4n) is 3.01. The van der Waals surface area contributed by atoms with Gasteiger partial charge < -0.3 is 10.2 Å². The van der Waals surface area contributed by atoms with E-state index in [-0.39, 0.29) is 5.91 Å². The van der Waals surface area contributed by atoms with Crippen molar-refractivity contribution in [2.24, 2.45) is 0 Å². The highest BCUT2D eigenvalue weighted by molar-refractivity contribution is 9.10. The summed E-state index contributed by atoms with van der Waals surface area (Å²) in [5.74, 6) is 0.0533. The van der Waals surface area contributed by atoms with Gasteiger partial charge in [0.15, 0.2) is 0 Å². The summed E-state index contributed by atoms with van der Waals surface area (Å²) in [4.78, 5) is 14.6. The molecule has 0 aliphatic carbocycles. The van der Waals surface area contributed by atoms with Crippen LogP contribution in [0.3, 0.4) is 0 Å². The van der Waals surface area contributed by atoms with E-state index in [4.69, 9.17) is 0 Å². The minimum atomic E-state index is 0.0533. The van der Waals surface area contributed by atoms with E-state index >= 15 is 0 Å². The predicted molar refractivity (Wildman–Crippen MR) is 99.1 cm³/mol. The van der Waals surface area contributed by atoms with Gasteiger partial charge >= 0.3 is 0 Å². The summed E-state index contributed by atoms with van der Waals surface area (Å²) in [6.07, 6.45) is 2.78. The molecule has 1 aliphatic rings. The van der Waals surface area contributed by atoms with Crippen molar-refractivity contribution in [1.82, 2.24) is 0 Å². The van der Waals surface area contributed by atoms with Crippen molar-refractivity contribution in [3.8, 4) is 0 Å². The van der Waals surface area contributed by atoms with Crippen molar-refractivity contribution in [3.05, 3.63) is 58.1 Å². The van der Waals surface area contributed by atoms with Crippen LogP contribution >= 0.6 is 15.9 Å². The summed E-state index contributed by atoms with van der Waals surface area (Å²) in [5.41, 5.74) is 4.67. The molecule has 0 atom stereocenters. The Kier molecular flexibility index (Phi) is 5.01. The Bertz CT molecular complexity index is 714. The van der Waals surface area contributed by atoms with Crippen molar-refractivity contribution >= 4 is 33.2 Å². The quantitative estimate of drug-likeness (QED) is 0.854. The lowest BCUT2D eigenvalue weighted by atomic mass is 10.0. The molecule has 1 N–H and O–H groups in total. The van der Waals surface area contributed by atoms with Gasteiger partial charge in [-0.05, 0) is 65.0 Å². The van der Waals surface area contributed by atoms with Gasteiger partial charge in [0.2, 0.25) is 5.91 Å². The maximum Gasteiger partial charge on any atom is 0.226 e. The van der Waals surface area contributed by atoms with Gasteiger partial charge in [-0.1, -0.05) is 24.3 Å². The van der Waals surface area contributed by atoms with Gasteiger partial charge in [-0.15, -0.1) is 0 Å². The molecule has 1 heterocycles. The number of para-hydroxylation sites is 1. The van der Waals surface area contributed by atoms with Crippen LogP contribution in [0.15, 0.2) is 46.9 Å². The molecule has 0 spiro atoms. The molecule has 3 rings (SSSR count). The number of halogens is 1. The Morgan fingerprint density at radius 2 is 2.09 bits per heavy atom. The van der Waals surface area contributed by atoms with Gasteiger partial charge in [0.05, 0.1) is 5.69 Å². The van der Waals surface area contributed by atoms with Crippen LogP contribution in [0.1, 0.15) is 24.0 Å². The highest BCUT2D eigenvalue weighted by atomic mass is 79.9. The molecule has 4 heteroatoms. The second-order valence-electron chi connectivity index (χ2n) is 6.00. The number of nitrogens with one attached hydrogen (secondary N) is 1.